The van der Waals surface area contributed by atoms with E-state index in [1.807, 2.05) is 0 Å². The molecule has 358 valence electrons. The number of hydrogen-bond acceptors (Lipinski definition) is 8. The van der Waals surface area contributed by atoms with Gasteiger partial charge in [0.05, 0.1) is 25.4 Å². The molecule has 0 aromatic heterocycles. The molecule has 1 aliphatic rings. The van der Waals surface area contributed by atoms with Crippen LogP contribution in [-0.2, 0) is 14.3 Å². The Labute approximate surface area is 370 Å². The minimum Gasteiger partial charge on any atom is -0.394 e. The van der Waals surface area contributed by atoms with Crippen molar-refractivity contribution in [1.29, 1.82) is 0 Å². The van der Waals surface area contributed by atoms with Gasteiger partial charge < -0.3 is 40.3 Å². The number of carbonyl (C=O) groups excluding carboxylic acids is 1. The van der Waals surface area contributed by atoms with Crippen molar-refractivity contribution in [2.24, 2.45) is 0 Å². The summed E-state index contributed by atoms with van der Waals surface area (Å²) in [5, 5.41) is 54.5. The first-order valence-corrected chi connectivity index (χ1v) is 26.2. The molecule has 0 bridgehead atoms. The molecule has 1 rings (SSSR count). The summed E-state index contributed by atoms with van der Waals surface area (Å²) in [7, 11) is 0. The van der Waals surface area contributed by atoms with E-state index in [-0.39, 0.29) is 12.5 Å². The normalized spacial score (nSPS) is 20.4. The van der Waals surface area contributed by atoms with Gasteiger partial charge in [0.2, 0.25) is 5.91 Å². The summed E-state index contributed by atoms with van der Waals surface area (Å²) in [5.74, 6) is -0.138. The average molecular weight is 856 g/mol. The Balaban J connectivity index is 2.21. The second kappa shape index (κ2) is 42.2. The maximum atomic E-state index is 13.0. The fourth-order valence-electron chi connectivity index (χ4n) is 8.75. The number of aliphatic hydroxyl groups is 5. The lowest BCUT2D eigenvalue weighted by Gasteiger charge is -2.40. The highest BCUT2D eigenvalue weighted by atomic mass is 16.7. The Morgan fingerprint density at radius 1 is 0.500 bits per heavy atom. The molecule has 1 heterocycles. The predicted octanol–water partition coefficient (Wildman–Crippen LogP) is 11.9. The molecule has 0 saturated carbocycles. The van der Waals surface area contributed by atoms with Gasteiger partial charge in [-0.2, -0.15) is 0 Å². The number of nitrogens with one attached hydrogen (secondary N) is 1. The van der Waals surface area contributed by atoms with Crippen molar-refractivity contribution in [2.75, 3.05) is 13.2 Å². The third-order valence-corrected chi connectivity index (χ3v) is 13.0. The zero-order chi connectivity index (χ0) is 43.7. The minimum atomic E-state index is -1.55. The summed E-state index contributed by atoms with van der Waals surface area (Å²) in [6, 6.07) is -0.712. The molecule has 60 heavy (non-hydrogen) atoms. The lowest BCUT2D eigenvalue weighted by Crippen LogP contribution is -2.60. The second-order valence-corrected chi connectivity index (χ2v) is 18.7. The molecule has 2 unspecified atom stereocenters. The quantitative estimate of drug-likeness (QED) is 0.0332. The number of ether oxygens (including phenoxy) is 2. The van der Waals surface area contributed by atoms with Crippen molar-refractivity contribution in [3.05, 3.63) is 0 Å². The maximum Gasteiger partial charge on any atom is 0.220 e. The predicted molar refractivity (Wildman–Crippen MR) is 249 cm³/mol. The van der Waals surface area contributed by atoms with E-state index < -0.39 is 49.5 Å². The van der Waals surface area contributed by atoms with Crippen molar-refractivity contribution in [3.8, 4) is 0 Å². The molecule has 1 aliphatic heterocycles. The van der Waals surface area contributed by atoms with Crippen LogP contribution in [0.1, 0.15) is 264 Å². The van der Waals surface area contributed by atoms with Crippen LogP contribution in [0.15, 0.2) is 0 Å². The zero-order valence-corrected chi connectivity index (χ0v) is 39.5. The average Bonchev–Trinajstić information content (AvgIpc) is 3.25. The molecule has 7 atom stereocenters. The van der Waals surface area contributed by atoms with Crippen molar-refractivity contribution >= 4 is 5.91 Å². The molecule has 0 spiro atoms. The fraction of sp³-hybridized carbons (Fsp3) is 0.980. The molecule has 6 N–H and O–H groups in total. The van der Waals surface area contributed by atoms with Crippen LogP contribution in [0.4, 0.5) is 0 Å². The van der Waals surface area contributed by atoms with E-state index in [4.69, 9.17) is 9.47 Å². The van der Waals surface area contributed by atoms with Crippen molar-refractivity contribution in [3.63, 3.8) is 0 Å². The first kappa shape index (κ1) is 57.2. The van der Waals surface area contributed by atoms with Gasteiger partial charge in [0.25, 0.3) is 0 Å². The third kappa shape index (κ3) is 31.9. The zero-order valence-electron chi connectivity index (χ0n) is 39.5. The van der Waals surface area contributed by atoms with E-state index in [0.717, 1.165) is 38.5 Å². The van der Waals surface area contributed by atoms with Gasteiger partial charge in [-0.25, -0.2) is 0 Å². The molecule has 9 nitrogen and oxygen atoms in total. The number of hydrogen-bond donors (Lipinski definition) is 6. The molecule has 1 saturated heterocycles. The number of aliphatic hydroxyl groups excluding tert-OH is 5. The monoisotopic (exact) mass is 856 g/mol. The van der Waals surface area contributed by atoms with Gasteiger partial charge in [-0.05, 0) is 12.8 Å². The minimum absolute atomic E-state index is 0.131. The lowest BCUT2D eigenvalue weighted by atomic mass is 9.99. The van der Waals surface area contributed by atoms with E-state index in [9.17, 15) is 30.3 Å². The topological polar surface area (TPSA) is 149 Å². The summed E-state index contributed by atoms with van der Waals surface area (Å²) in [4.78, 5) is 13.0. The van der Waals surface area contributed by atoms with Crippen molar-refractivity contribution in [1.82, 2.24) is 5.32 Å². The van der Waals surface area contributed by atoms with Gasteiger partial charge in [0.1, 0.15) is 24.4 Å². The molecule has 0 radical (unpaired) electrons. The van der Waals surface area contributed by atoms with Crippen LogP contribution in [-0.4, -0.2) is 87.5 Å². The Kier molecular flexibility index (Phi) is 40.2. The molecular formula is C51H101NO8. The van der Waals surface area contributed by atoms with Crippen LogP contribution < -0.4 is 5.32 Å². The molecule has 0 aliphatic carbocycles. The largest absolute Gasteiger partial charge is 0.394 e. The van der Waals surface area contributed by atoms with Crippen LogP contribution in [0.25, 0.3) is 0 Å². The number of amides is 1. The molecule has 1 fully saturated rings. The summed E-state index contributed by atoms with van der Waals surface area (Å²) in [5.41, 5.74) is 0. The SMILES string of the molecule is CCCCCCCCCCCCCCCCCCCCCCCCCC(=O)N[C@@H](CO[C@@H]1O[C@H](CO)[C@@H](O)C(O)C1O)[C@H](O)CCCCCCCCCCCCCCCC. The Bertz CT molecular complexity index is 908. The smallest absolute Gasteiger partial charge is 0.220 e. The lowest BCUT2D eigenvalue weighted by molar-refractivity contribution is -0.302. The summed E-state index contributed by atoms with van der Waals surface area (Å²) in [6.07, 6.45) is 41.2. The molecule has 0 aromatic carbocycles. The molecule has 1 amide bonds. The first-order valence-electron chi connectivity index (χ1n) is 26.2. The van der Waals surface area contributed by atoms with E-state index in [1.165, 1.54) is 199 Å². The van der Waals surface area contributed by atoms with Gasteiger partial charge in [0, 0.05) is 6.42 Å². The van der Waals surface area contributed by atoms with Gasteiger partial charge >= 0.3 is 0 Å². The number of carbonyl (C=O) groups is 1. The van der Waals surface area contributed by atoms with Crippen LogP contribution in [0, 0.1) is 0 Å². The van der Waals surface area contributed by atoms with Crippen LogP contribution in [0.5, 0.6) is 0 Å². The summed E-state index contributed by atoms with van der Waals surface area (Å²) < 4.78 is 11.3. The van der Waals surface area contributed by atoms with Gasteiger partial charge in [-0.3, -0.25) is 4.79 Å². The number of rotatable bonds is 45. The Morgan fingerprint density at radius 3 is 1.18 bits per heavy atom. The Morgan fingerprint density at radius 2 is 0.833 bits per heavy atom. The summed E-state index contributed by atoms with van der Waals surface area (Å²) in [6.45, 7) is 3.87. The van der Waals surface area contributed by atoms with Crippen LogP contribution in [0.3, 0.4) is 0 Å². The fourth-order valence-corrected chi connectivity index (χ4v) is 8.75. The molecular weight excluding hydrogens is 755 g/mol. The van der Waals surface area contributed by atoms with Gasteiger partial charge in [-0.1, -0.05) is 245 Å². The van der Waals surface area contributed by atoms with E-state index in [0.29, 0.717) is 12.8 Å². The molecule has 0 aromatic rings. The maximum absolute atomic E-state index is 13.0. The standard InChI is InChI=1S/C51H101NO8/c1-3-5-7-9-11-13-15-17-19-20-21-22-23-24-25-26-27-29-31-33-35-37-39-41-47(55)52-44(43-59-51-50(58)49(57)48(56)46(42-53)60-51)45(54)40-38-36-34-32-30-28-18-16-14-12-10-8-6-4-2/h44-46,48-51,53-54,56-58H,3-43H2,1-2H3,(H,52,55)/t44-,45+,46+,48+,49?,50?,51+/m0/s1. The van der Waals surface area contributed by atoms with Gasteiger partial charge in [0.15, 0.2) is 6.29 Å². The van der Waals surface area contributed by atoms with Crippen molar-refractivity contribution in [2.45, 2.75) is 307 Å². The van der Waals surface area contributed by atoms with E-state index >= 15 is 0 Å². The number of unbranched alkanes of at least 4 members (excludes halogenated alkanes) is 35. The van der Waals surface area contributed by atoms with E-state index in [1.54, 1.807) is 0 Å². The highest BCUT2D eigenvalue weighted by Gasteiger charge is 2.44. The van der Waals surface area contributed by atoms with Crippen LogP contribution in [0.2, 0.25) is 0 Å². The van der Waals surface area contributed by atoms with E-state index in [2.05, 4.69) is 19.2 Å². The third-order valence-electron chi connectivity index (χ3n) is 13.0. The summed E-state index contributed by atoms with van der Waals surface area (Å²) >= 11 is 0. The highest BCUT2D eigenvalue weighted by Crippen LogP contribution is 2.23. The van der Waals surface area contributed by atoms with Gasteiger partial charge in [-0.15, -0.1) is 0 Å². The molecule has 9 heteroatoms. The Hall–Kier alpha value is -0.810. The second-order valence-electron chi connectivity index (χ2n) is 18.7. The first-order chi connectivity index (χ1) is 29.3. The van der Waals surface area contributed by atoms with Crippen LogP contribution >= 0.6 is 0 Å². The van der Waals surface area contributed by atoms with Crippen molar-refractivity contribution < 1.29 is 39.8 Å². The highest BCUT2D eigenvalue weighted by molar-refractivity contribution is 5.76.